The molecule has 1 fully saturated rings. The lowest BCUT2D eigenvalue weighted by Crippen LogP contribution is -2.39. The number of benzene rings is 1. The first-order valence-corrected chi connectivity index (χ1v) is 6.93. The summed E-state index contributed by atoms with van der Waals surface area (Å²) in [6, 6.07) is 10.1. The van der Waals surface area contributed by atoms with Gasteiger partial charge in [-0.25, -0.2) is 0 Å². The highest BCUT2D eigenvalue weighted by Crippen LogP contribution is 2.30. The Balaban J connectivity index is 1.57. The quantitative estimate of drug-likeness (QED) is 0.847. The summed E-state index contributed by atoms with van der Waals surface area (Å²) in [6.45, 7) is 4.92. The zero-order valence-electron chi connectivity index (χ0n) is 11.8. The molecule has 0 spiro atoms. The Kier molecular flexibility index (Phi) is 3.78. The SMILES string of the molecule is CC1(C)OC[C@@H]([C@@H]2OC=C[C@@H]2OCc2ccccc2)O1. The van der Waals surface area contributed by atoms with Crippen LogP contribution >= 0.6 is 0 Å². The largest absolute Gasteiger partial charge is 0.492 e. The van der Waals surface area contributed by atoms with E-state index in [-0.39, 0.29) is 18.3 Å². The van der Waals surface area contributed by atoms with Crippen molar-refractivity contribution in [3.8, 4) is 0 Å². The standard InChI is InChI=1S/C16H20O4/c1-16(2)19-11-14(20-16)15-13(8-9-17-15)18-10-12-6-4-3-5-7-12/h3-9,13-15H,10-11H2,1-2H3/t13-,14-,15+/m0/s1. The topological polar surface area (TPSA) is 36.9 Å². The molecule has 3 atom stereocenters. The molecule has 0 radical (unpaired) electrons. The molecule has 2 aliphatic heterocycles. The van der Waals surface area contributed by atoms with Gasteiger partial charge in [0.25, 0.3) is 0 Å². The van der Waals surface area contributed by atoms with E-state index in [4.69, 9.17) is 18.9 Å². The smallest absolute Gasteiger partial charge is 0.163 e. The molecule has 0 aliphatic carbocycles. The van der Waals surface area contributed by atoms with E-state index >= 15 is 0 Å². The highest BCUT2D eigenvalue weighted by Gasteiger charge is 2.42. The normalized spacial score (nSPS) is 31.4. The lowest BCUT2D eigenvalue weighted by atomic mass is 10.1. The third kappa shape index (κ3) is 3.03. The van der Waals surface area contributed by atoms with Crippen LogP contribution in [0.4, 0.5) is 0 Å². The van der Waals surface area contributed by atoms with Crippen LogP contribution in [0.25, 0.3) is 0 Å². The summed E-state index contributed by atoms with van der Waals surface area (Å²) in [4.78, 5) is 0. The minimum Gasteiger partial charge on any atom is -0.492 e. The molecular formula is C16H20O4. The first-order chi connectivity index (χ1) is 9.64. The fraction of sp³-hybridized carbons (Fsp3) is 0.500. The molecule has 0 aromatic heterocycles. The van der Waals surface area contributed by atoms with Gasteiger partial charge in [-0.3, -0.25) is 0 Å². The number of hydrogen-bond acceptors (Lipinski definition) is 4. The molecule has 0 bridgehead atoms. The second kappa shape index (κ2) is 5.56. The summed E-state index contributed by atoms with van der Waals surface area (Å²) < 4.78 is 23.0. The van der Waals surface area contributed by atoms with Crippen molar-refractivity contribution in [2.24, 2.45) is 0 Å². The number of hydrogen-bond donors (Lipinski definition) is 0. The lowest BCUT2D eigenvalue weighted by Gasteiger charge is -2.25. The van der Waals surface area contributed by atoms with E-state index in [1.54, 1.807) is 6.26 Å². The van der Waals surface area contributed by atoms with Gasteiger partial charge in [0, 0.05) is 0 Å². The second-order valence-electron chi connectivity index (χ2n) is 5.56. The molecule has 3 rings (SSSR count). The van der Waals surface area contributed by atoms with Crippen LogP contribution in [0.15, 0.2) is 42.7 Å². The molecule has 2 heterocycles. The molecule has 108 valence electrons. The van der Waals surface area contributed by atoms with Gasteiger partial charge in [-0.05, 0) is 25.5 Å². The van der Waals surface area contributed by atoms with Crippen LogP contribution in [0.1, 0.15) is 19.4 Å². The van der Waals surface area contributed by atoms with Crippen molar-refractivity contribution in [1.82, 2.24) is 0 Å². The van der Waals surface area contributed by atoms with Crippen molar-refractivity contribution in [2.45, 2.75) is 44.6 Å². The van der Waals surface area contributed by atoms with Gasteiger partial charge < -0.3 is 18.9 Å². The Labute approximate surface area is 119 Å². The van der Waals surface area contributed by atoms with E-state index in [1.807, 2.05) is 50.3 Å². The van der Waals surface area contributed by atoms with Crippen molar-refractivity contribution in [1.29, 1.82) is 0 Å². The van der Waals surface area contributed by atoms with Gasteiger partial charge in [0.2, 0.25) is 0 Å². The first-order valence-electron chi connectivity index (χ1n) is 6.93. The second-order valence-corrected chi connectivity index (χ2v) is 5.56. The number of ether oxygens (including phenoxy) is 4. The summed E-state index contributed by atoms with van der Waals surface area (Å²) in [5.41, 5.74) is 1.15. The maximum Gasteiger partial charge on any atom is 0.163 e. The molecule has 0 saturated carbocycles. The average Bonchev–Trinajstić information content (AvgIpc) is 3.03. The van der Waals surface area contributed by atoms with Crippen molar-refractivity contribution < 1.29 is 18.9 Å². The van der Waals surface area contributed by atoms with Gasteiger partial charge in [-0.2, -0.15) is 0 Å². The molecule has 4 heteroatoms. The zero-order valence-corrected chi connectivity index (χ0v) is 11.8. The van der Waals surface area contributed by atoms with Crippen molar-refractivity contribution in [2.75, 3.05) is 6.61 Å². The van der Waals surface area contributed by atoms with E-state index in [1.165, 1.54) is 0 Å². The van der Waals surface area contributed by atoms with Crippen LogP contribution in [0.3, 0.4) is 0 Å². The molecule has 0 N–H and O–H groups in total. The third-order valence-corrected chi connectivity index (χ3v) is 3.51. The van der Waals surface area contributed by atoms with Crippen LogP contribution in [0.5, 0.6) is 0 Å². The molecule has 4 nitrogen and oxygen atoms in total. The lowest BCUT2D eigenvalue weighted by molar-refractivity contribution is -0.159. The van der Waals surface area contributed by atoms with Crippen LogP contribution < -0.4 is 0 Å². The molecule has 20 heavy (non-hydrogen) atoms. The summed E-state index contributed by atoms with van der Waals surface area (Å²) in [5, 5.41) is 0. The predicted molar refractivity (Wildman–Crippen MR) is 73.9 cm³/mol. The molecule has 0 amide bonds. The van der Waals surface area contributed by atoms with Crippen molar-refractivity contribution in [3.05, 3.63) is 48.2 Å². The Morgan fingerprint density at radius 3 is 2.75 bits per heavy atom. The van der Waals surface area contributed by atoms with Crippen LogP contribution in [0.2, 0.25) is 0 Å². The Morgan fingerprint density at radius 1 is 1.25 bits per heavy atom. The molecule has 2 aliphatic rings. The highest BCUT2D eigenvalue weighted by molar-refractivity contribution is 5.14. The monoisotopic (exact) mass is 276 g/mol. The minimum atomic E-state index is -0.541. The van der Waals surface area contributed by atoms with Gasteiger partial charge in [-0.1, -0.05) is 30.3 Å². The average molecular weight is 276 g/mol. The van der Waals surface area contributed by atoms with Crippen LogP contribution in [0, 0.1) is 0 Å². The fourth-order valence-electron chi connectivity index (χ4n) is 2.49. The molecule has 0 unspecified atom stereocenters. The van der Waals surface area contributed by atoms with E-state index < -0.39 is 5.79 Å². The molecule has 1 aromatic rings. The Hall–Kier alpha value is -1.36. The Bertz CT molecular complexity index is 469. The van der Waals surface area contributed by atoms with Gasteiger partial charge in [0.15, 0.2) is 11.9 Å². The molecular weight excluding hydrogens is 256 g/mol. The maximum absolute atomic E-state index is 5.93. The first kappa shape index (κ1) is 13.6. The van der Waals surface area contributed by atoms with E-state index in [9.17, 15) is 0 Å². The summed E-state index contributed by atoms with van der Waals surface area (Å²) in [7, 11) is 0. The van der Waals surface area contributed by atoms with Crippen LogP contribution in [-0.2, 0) is 25.6 Å². The predicted octanol–water partition coefficient (Wildman–Crippen LogP) is 2.64. The summed E-state index contributed by atoms with van der Waals surface area (Å²) >= 11 is 0. The fourth-order valence-corrected chi connectivity index (χ4v) is 2.49. The van der Waals surface area contributed by atoms with E-state index in [2.05, 4.69) is 0 Å². The van der Waals surface area contributed by atoms with Gasteiger partial charge >= 0.3 is 0 Å². The summed E-state index contributed by atoms with van der Waals surface area (Å²) in [5.74, 6) is -0.541. The molecule has 1 saturated heterocycles. The third-order valence-electron chi connectivity index (χ3n) is 3.51. The van der Waals surface area contributed by atoms with Gasteiger partial charge in [0.1, 0.15) is 12.2 Å². The zero-order chi connectivity index (χ0) is 14.0. The van der Waals surface area contributed by atoms with Gasteiger partial charge in [0.05, 0.1) is 19.5 Å². The van der Waals surface area contributed by atoms with Crippen molar-refractivity contribution >= 4 is 0 Å². The van der Waals surface area contributed by atoms with Gasteiger partial charge in [-0.15, -0.1) is 0 Å². The van der Waals surface area contributed by atoms with E-state index in [0.29, 0.717) is 13.2 Å². The minimum absolute atomic E-state index is 0.0965. The maximum atomic E-state index is 5.93. The summed E-state index contributed by atoms with van der Waals surface area (Å²) in [6.07, 6.45) is 3.29. The number of rotatable bonds is 4. The van der Waals surface area contributed by atoms with E-state index in [0.717, 1.165) is 5.56 Å². The molecule has 1 aromatic carbocycles. The van der Waals surface area contributed by atoms with Crippen LogP contribution in [-0.4, -0.2) is 30.7 Å². The van der Waals surface area contributed by atoms with Crippen molar-refractivity contribution in [3.63, 3.8) is 0 Å². The highest BCUT2D eigenvalue weighted by atomic mass is 16.8. The Morgan fingerprint density at radius 2 is 2.05 bits per heavy atom.